The average molecular weight is 242 g/mol. The fourth-order valence-electron chi connectivity index (χ4n) is 1.84. The van der Waals surface area contributed by atoms with Crippen LogP contribution in [-0.2, 0) is 0 Å². The summed E-state index contributed by atoms with van der Waals surface area (Å²) in [6, 6.07) is 17.3. The lowest BCUT2D eigenvalue weighted by molar-refractivity contribution is 0.172. The van der Waals surface area contributed by atoms with Crippen molar-refractivity contribution in [2.75, 3.05) is 17.6 Å². The van der Waals surface area contributed by atoms with Crippen molar-refractivity contribution in [1.29, 1.82) is 0 Å². The molecule has 0 spiro atoms. The smallest absolute Gasteiger partial charge is 0.0807 e. The number of nitrogens with two attached hydrogens (primary N) is 1. The number of benzene rings is 2. The zero-order valence-corrected chi connectivity index (χ0v) is 10.2. The summed E-state index contributed by atoms with van der Waals surface area (Å²) in [5, 5.41) is 13.3. The van der Waals surface area contributed by atoms with Gasteiger partial charge in [-0.15, -0.1) is 0 Å². The first kappa shape index (κ1) is 12.5. The van der Waals surface area contributed by atoms with Gasteiger partial charge in [-0.2, -0.15) is 0 Å². The molecule has 0 saturated heterocycles. The molecule has 1 atom stereocenters. The molecule has 2 aromatic carbocycles. The van der Waals surface area contributed by atoms with Crippen LogP contribution in [0.15, 0.2) is 54.6 Å². The molecule has 0 aromatic heterocycles. The van der Waals surface area contributed by atoms with Crippen LogP contribution < -0.4 is 11.1 Å². The summed E-state index contributed by atoms with van der Waals surface area (Å²) in [6.07, 6.45) is 0.169. The van der Waals surface area contributed by atoms with Crippen LogP contribution in [0, 0.1) is 0 Å². The number of nitrogens with one attached hydrogen (secondary N) is 1. The number of hydrogen-bond donors (Lipinski definition) is 3. The van der Waals surface area contributed by atoms with Gasteiger partial charge in [-0.05, 0) is 36.2 Å². The van der Waals surface area contributed by atoms with Crippen LogP contribution in [-0.4, -0.2) is 11.7 Å². The molecule has 3 nitrogen and oxygen atoms in total. The van der Waals surface area contributed by atoms with Gasteiger partial charge in [0.05, 0.1) is 6.10 Å². The first-order chi connectivity index (χ1) is 8.75. The van der Waals surface area contributed by atoms with E-state index >= 15 is 0 Å². The highest BCUT2D eigenvalue weighted by atomic mass is 16.3. The topological polar surface area (TPSA) is 58.3 Å². The summed E-state index contributed by atoms with van der Waals surface area (Å²) in [4.78, 5) is 0. The summed E-state index contributed by atoms with van der Waals surface area (Å²) in [5.74, 6) is 0. The van der Waals surface area contributed by atoms with Gasteiger partial charge >= 0.3 is 0 Å². The van der Waals surface area contributed by atoms with Gasteiger partial charge in [0, 0.05) is 17.9 Å². The van der Waals surface area contributed by atoms with E-state index < -0.39 is 6.10 Å². The van der Waals surface area contributed by atoms with E-state index in [2.05, 4.69) is 5.32 Å². The van der Waals surface area contributed by atoms with E-state index in [1.165, 1.54) is 0 Å². The standard InChI is InChI=1S/C15H18N2O/c16-13-6-4-5-12(11-13)15(18)9-10-17-14-7-2-1-3-8-14/h1-8,11,15,17-18H,9-10,16H2. The number of aliphatic hydroxyl groups is 1. The maximum atomic E-state index is 10.0. The summed E-state index contributed by atoms with van der Waals surface area (Å²) in [5.41, 5.74) is 8.30. The minimum absolute atomic E-state index is 0.482. The van der Waals surface area contributed by atoms with Gasteiger partial charge in [-0.3, -0.25) is 0 Å². The molecule has 0 radical (unpaired) electrons. The molecule has 0 fully saturated rings. The van der Waals surface area contributed by atoms with Crippen LogP contribution in [0.1, 0.15) is 18.1 Å². The summed E-state index contributed by atoms with van der Waals surface area (Å²) in [6.45, 7) is 0.722. The van der Waals surface area contributed by atoms with Crippen molar-refractivity contribution in [3.05, 3.63) is 60.2 Å². The number of anilines is 2. The van der Waals surface area contributed by atoms with Gasteiger partial charge in [0.25, 0.3) is 0 Å². The van der Waals surface area contributed by atoms with Gasteiger partial charge < -0.3 is 16.2 Å². The number of nitrogen functional groups attached to an aromatic ring is 1. The first-order valence-electron chi connectivity index (χ1n) is 6.08. The second-order valence-corrected chi connectivity index (χ2v) is 4.27. The van der Waals surface area contributed by atoms with Crippen molar-refractivity contribution in [1.82, 2.24) is 0 Å². The normalized spacial score (nSPS) is 12.1. The molecule has 2 aromatic rings. The lowest BCUT2D eigenvalue weighted by Crippen LogP contribution is -2.07. The predicted molar refractivity (Wildman–Crippen MR) is 75.4 cm³/mol. The van der Waals surface area contributed by atoms with Crippen molar-refractivity contribution in [2.24, 2.45) is 0 Å². The van der Waals surface area contributed by atoms with E-state index in [1.54, 1.807) is 0 Å². The zero-order valence-electron chi connectivity index (χ0n) is 10.2. The third-order valence-electron chi connectivity index (χ3n) is 2.82. The molecule has 0 aliphatic carbocycles. The van der Waals surface area contributed by atoms with Gasteiger partial charge in [0.15, 0.2) is 0 Å². The monoisotopic (exact) mass is 242 g/mol. The molecule has 18 heavy (non-hydrogen) atoms. The Morgan fingerprint density at radius 2 is 1.83 bits per heavy atom. The number of rotatable bonds is 5. The van der Waals surface area contributed by atoms with Gasteiger partial charge in [-0.1, -0.05) is 30.3 Å². The van der Waals surface area contributed by atoms with Crippen LogP contribution in [0.25, 0.3) is 0 Å². The predicted octanol–water partition coefficient (Wildman–Crippen LogP) is 2.80. The van der Waals surface area contributed by atoms with Crippen LogP contribution in [0.5, 0.6) is 0 Å². The summed E-state index contributed by atoms with van der Waals surface area (Å²) in [7, 11) is 0. The Morgan fingerprint density at radius 3 is 2.56 bits per heavy atom. The summed E-state index contributed by atoms with van der Waals surface area (Å²) < 4.78 is 0. The van der Waals surface area contributed by atoms with E-state index in [4.69, 9.17) is 5.73 Å². The Kier molecular flexibility index (Phi) is 4.20. The van der Waals surface area contributed by atoms with Crippen LogP contribution in [0.2, 0.25) is 0 Å². The van der Waals surface area contributed by atoms with Crippen molar-refractivity contribution in [3.8, 4) is 0 Å². The van der Waals surface area contributed by atoms with Crippen molar-refractivity contribution < 1.29 is 5.11 Å². The molecule has 1 unspecified atom stereocenters. The van der Waals surface area contributed by atoms with Gasteiger partial charge in [0.2, 0.25) is 0 Å². The summed E-state index contributed by atoms with van der Waals surface area (Å²) >= 11 is 0. The second kappa shape index (κ2) is 6.07. The third-order valence-corrected chi connectivity index (χ3v) is 2.82. The highest BCUT2D eigenvalue weighted by Gasteiger charge is 2.06. The van der Waals surface area contributed by atoms with E-state index in [-0.39, 0.29) is 0 Å². The SMILES string of the molecule is Nc1cccc(C(O)CCNc2ccccc2)c1. The quantitative estimate of drug-likeness (QED) is 0.707. The van der Waals surface area contributed by atoms with Crippen molar-refractivity contribution >= 4 is 11.4 Å². The van der Waals surface area contributed by atoms with Crippen molar-refractivity contribution in [2.45, 2.75) is 12.5 Å². The van der Waals surface area contributed by atoms with E-state index in [0.717, 1.165) is 17.8 Å². The number of aliphatic hydroxyl groups excluding tert-OH is 1. The third kappa shape index (κ3) is 3.50. The van der Waals surface area contributed by atoms with E-state index in [0.29, 0.717) is 12.1 Å². The lowest BCUT2D eigenvalue weighted by Gasteiger charge is -2.12. The molecule has 0 heterocycles. The lowest BCUT2D eigenvalue weighted by atomic mass is 10.1. The molecular formula is C15H18N2O. The average Bonchev–Trinajstić information content (AvgIpc) is 2.40. The molecule has 2 rings (SSSR count). The Balaban J connectivity index is 1.83. The van der Waals surface area contributed by atoms with Crippen molar-refractivity contribution in [3.63, 3.8) is 0 Å². The molecule has 0 aliphatic rings. The molecule has 0 amide bonds. The molecule has 0 saturated carbocycles. The Labute approximate surface area is 107 Å². The highest BCUT2D eigenvalue weighted by molar-refractivity contribution is 5.43. The Morgan fingerprint density at radius 1 is 1.06 bits per heavy atom. The molecular weight excluding hydrogens is 224 g/mol. The Hall–Kier alpha value is -2.00. The fourth-order valence-corrected chi connectivity index (χ4v) is 1.84. The Bertz CT molecular complexity index is 485. The number of hydrogen-bond acceptors (Lipinski definition) is 3. The van der Waals surface area contributed by atoms with E-state index in [1.807, 2.05) is 54.6 Å². The largest absolute Gasteiger partial charge is 0.399 e. The van der Waals surface area contributed by atoms with E-state index in [9.17, 15) is 5.11 Å². The molecule has 0 aliphatic heterocycles. The zero-order chi connectivity index (χ0) is 12.8. The molecule has 3 heteroatoms. The molecule has 94 valence electrons. The highest BCUT2D eigenvalue weighted by Crippen LogP contribution is 2.18. The maximum absolute atomic E-state index is 10.0. The van der Waals surface area contributed by atoms with Crippen LogP contribution in [0.3, 0.4) is 0 Å². The number of para-hydroxylation sites is 1. The minimum atomic E-state index is -0.482. The molecule has 4 N–H and O–H groups in total. The maximum Gasteiger partial charge on any atom is 0.0807 e. The van der Waals surface area contributed by atoms with Crippen LogP contribution in [0.4, 0.5) is 11.4 Å². The first-order valence-corrected chi connectivity index (χ1v) is 6.08. The molecule has 0 bridgehead atoms. The fraction of sp³-hybridized carbons (Fsp3) is 0.200. The van der Waals surface area contributed by atoms with Gasteiger partial charge in [0.1, 0.15) is 0 Å². The van der Waals surface area contributed by atoms with Gasteiger partial charge in [-0.25, -0.2) is 0 Å². The second-order valence-electron chi connectivity index (χ2n) is 4.27. The van der Waals surface area contributed by atoms with Crippen LogP contribution >= 0.6 is 0 Å². The minimum Gasteiger partial charge on any atom is -0.399 e.